The number of aliphatic carboxylic acids is 1. The van der Waals surface area contributed by atoms with Crippen LogP contribution in [0.1, 0.15) is 39.0 Å². The third-order valence-corrected chi connectivity index (χ3v) is 5.29. The molecule has 0 aromatic carbocycles. The van der Waals surface area contributed by atoms with E-state index in [1.807, 2.05) is 6.92 Å². The van der Waals surface area contributed by atoms with Gasteiger partial charge in [-0.25, -0.2) is 0 Å². The summed E-state index contributed by atoms with van der Waals surface area (Å²) in [5.74, 6) is -0.946. The van der Waals surface area contributed by atoms with E-state index in [0.717, 1.165) is 19.3 Å². The quantitative estimate of drug-likeness (QED) is 0.750. The van der Waals surface area contributed by atoms with Crippen molar-refractivity contribution in [2.45, 2.75) is 45.1 Å². The van der Waals surface area contributed by atoms with Crippen molar-refractivity contribution in [3.63, 3.8) is 0 Å². The Labute approximate surface area is 109 Å². The van der Waals surface area contributed by atoms with Gasteiger partial charge in [-0.15, -0.1) is 0 Å². The zero-order chi connectivity index (χ0) is 13.8. The summed E-state index contributed by atoms with van der Waals surface area (Å²) in [6.07, 6.45) is 3.00. The van der Waals surface area contributed by atoms with Crippen LogP contribution in [0.5, 0.6) is 0 Å². The molecule has 0 bridgehead atoms. The number of nitrogens with zero attached hydrogens (tertiary/aromatic N) is 2. The van der Waals surface area contributed by atoms with Crippen LogP contribution in [0.2, 0.25) is 0 Å². The molecule has 0 saturated carbocycles. The molecule has 0 amide bonds. The van der Waals surface area contributed by atoms with E-state index in [2.05, 4.69) is 0 Å². The zero-order valence-corrected chi connectivity index (χ0v) is 11.8. The van der Waals surface area contributed by atoms with Crippen molar-refractivity contribution in [3.05, 3.63) is 0 Å². The number of hydrogen-bond donors (Lipinski definition) is 1. The average molecular weight is 278 g/mol. The number of unbranched alkanes of at least 4 members (excludes halogenated alkanes) is 1. The van der Waals surface area contributed by atoms with Gasteiger partial charge in [0, 0.05) is 26.2 Å². The van der Waals surface area contributed by atoms with Gasteiger partial charge in [0.2, 0.25) is 0 Å². The molecule has 1 N–H and O–H groups in total. The van der Waals surface area contributed by atoms with Crippen LogP contribution in [-0.4, -0.2) is 54.3 Å². The van der Waals surface area contributed by atoms with E-state index in [1.54, 1.807) is 7.05 Å². The molecule has 1 saturated heterocycles. The van der Waals surface area contributed by atoms with Crippen LogP contribution in [0, 0.1) is 0 Å². The molecule has 7 heteroatoms. The van der Waals surface area contributed by atoms with Crippen LogP contribution in [0.4, 0.5) is 0 Å². The normalized spacial score (nSPS) is 21.6. The van der Waals surface area contributed by atoms with E-state index in [9.17, 15) is 13.2 Å². The summed E-state index contributed by atoms with van der Waals surface area (Å²) in [5, 5.41) is 8.80. The summed E-state index contributed by atoms with van der Waals surface area (Å²) in [5.41, 5.74) is 0. The zero-order valence-electron chi connectivity index (χ0n) is 11.0. The van der Waals surface area contributed by atoms with Crippen LogP contribution in [0.25, 0.3) is 0 Å². The molecule has 1 heterocycles. The lowest BCUT2D eigenvalue weighted by Crippen LogP contribution is -2.45. The lowest BCUT2D eigenvalue weighted by molar-refractivity contribution is -0.137. The fourth-order valence-corrected chi connectivity index (χ4v) is 3.83. The van der Waals surface area contributed by atoms with E-state index in [4.69, 9.17) is 5.11 Å². The van der Waals surface area contributed by atoms with Crippen LogP contribution in [0.15, 0.2) is 0 Å². The van der Waals surface area contributed by atoms with Gasteiger partial charge in [-0.05, 0) is 19.3 Å². The highest BCUT2D eigenvalue weighted by molar-refractivity contribution is 7.86. The molecular weight excluding hydrogens is 256 g/mol. The second-order valence-corrected chi connectivity index (χ2v) is 6.68. The Kier molecular flexibility index (Phi) is 5.55. The molecule has 18 heavy (non-hydrogen) atoms. The second-order valence-electron chi connectivity index (χ2n) is 4.69. The highest BCUT2D eigenvalue weighted by atomic mass is 32.2. The average Bonchev–Trinajstić information content (AvgIpc) is 2.73. The van der Waals surface area contributed by atoms with Crippen molar-refractivity contribution in [1.82, 2.24) is 8.61 Å². The maximum atomic E-state index is 12.3. The molecule has 1 rings (SSSR count). The first-order valence-electron chi connectivity index (χ1n) is 6.34. The van der Waals surface area contributed by atoms with E-state index >= 15 is 0 Å². The maximum absolute atomic E-state index is 12.3. The maximum Gasteiger partial charge on any atom is 0.304 e. The van der Waals surface area contributed by atoms with Crippen molar-refractivity contribution in [3.8, 4) is 0 Å². The third kappa shape index (κ3) is 3.66. The number of rotatable bonds is 7. The van der Waals surface area contributed by atoms with Crippen LogP contribution in [-0.2, 0) is 15.0 Å². The van der Waals surface area contributed by atoms with Crippen molar-refractivity contribution < 1.29 is 18.3 Å². The van der Waals surface area contributed by atoms with Gasteiger partial charge in [0.25, 0.3) is 10.2 Å². The Morgan fingerprint density at radius 2 is 2.17 bits per heavy atom. The molecule has 1 fully saturated rings. The molecule has 0 aromatic heterocycles. The highest BCUT2D eigenvalue weighted by Crippen LogP contribution is 2.25. The number of carboxylic acid groups (broad SMARTS) is 1. The summed E-state index contributed by atoms with van der Waals surface area (Å²) in [6.45, 7) is 2.91. The van der Waals surface area contributed by atoms with Gasteiger partial charge >= 0.3 is 5.97 Å². The number of carbonyl (C=O) groups is 1. The van der Waals surface area contributed by atoms with Crippen LogP contribution in [0.3, 0.4) is 0 Å². The monoisotopic (exact) mass is 278 g/mol. The van der Waals surface area contributed by atoms with Crippen LogP contribution < -0.4 is 0 Å². The van der Waals surface area contributed by atoms with Crippen LogP contribution >= 0.6 is 0 Å². The topological polar surface area (TPSA) is 77.9 Å². The molecular formula is C11H22N2O4S. The Hall–Kier alpha value is -0.660. The van der Waals surface area contributed by atoms with E-state index in [1.165, 1.54) is 8.61 Å². The van der Waals surface area contributed by atoms with Gasteiger partial charge in [0.05, 0.1) is 6.42 Å². The van der Waals surface area contributed by atoms with E-state index < -0.39 is 22.2 Å². The molecule has 106 valence electrons. The molecule has 0 radical (unpaired) electrons. The van der Waals surface area contributed by atoms with Crippen molar-refractivity contribution in [2.24, 2.45) is 0 Å². The van der Waals surface area contributed by atoms with Crippen molar-refractivity contribution in [2.75, 3.05) is 20.1 Å². The molecule has 1 aliphatic heterocycles. The molecule has 1 unspecified atom stereocenters. The molecule has 0 spiro atoms. The third-order valence-electron chi connectivity index (χ3n) is 3.25. The predicted octanol–water partition coefficient (Wildman–Crippen LogP) is 0.902. The minimum absolute atomic E-state index is 0.110. The van der Waals surface area contributed by atoms with Crippen molar-refractivity contribution in [1.29, 1.82) is 0 Å². The highest BCUT2D eigenvalue weighted by Gasteiger charge is 2.37. The number of hydrogen-bond acceptors (Lipinski definition) is 3. The van der Waals surface area contributed by atoms with Gasteiger partial charge in [-0.1, -0.05) is 13.3 Å². The minimum Gasteiger partial charge on any atom is -0.481 e. The lowest BCUT2D eigenvalue weighted by Gasteiger charge is -2.28. The minimum atomic E-state index is -3.50. The Morgan fingerprint density at radius 3 is 2.72 bits per heavy atom. The second kappa shape index (κ2) is 6.49. The van der Waals surface area contributed by atoms with Crippen molar-refractivity contribution >= 4 is 16.2 Å². The summed E-state index contributed by atoms with van der Waals surface area (Å²) < 4.78 is 27.3. The fraction of sp³-hybridized carbons (Fsp3) is 0.909. The molecule has 6 nitrogen and oxygen atoms in total. The standard InChI is InChI=1S/C11H22N2O4S/c1-3-4-7-12(2)18(16,17)13-8-5-6-10(13)9-11(14)15/h10H,3-9H2,1-2H3,(H,14,15). The molecule has 1 atom stereocenters. The largest absolute Gasteiger partial charge is 0.481 e. The summed E-state index contributed by atoms with van der Waals surface area (Å²) in [7, 11) is -1.95. The Bertz CT molecular complexity index is 383. The van der Waals surface area contributed by atoms with Gasteiger partial charge in [0.15, 0.2) is 0 Å². The first-order chi connectivity index (χ1) is 8.39. The first-order valence-corrected chi connectivity index (χ1v) is 7.74. The summed E-state index contributed by atoms with van der Waals surface area (Å²) in [4.78, 5) is 10.7. The van der Waals surface area contributed by atoms with Gasteiger partial charge < -0.3 is 5.11 Å². The molecule has 1 aliphatic rings. The first kappa shape index (κ1) is 15.4. The lowest BCUT2D eigenvalue weighted by atomic mass is 10.2. The Balaban J connectivity index is 2.73. The fourth-order valence-electron chi connectivity index (χ4n) is 2.19. The smallest absolute Gasteiger partial charge is 0.304 e. The summed E-state index contributed by atoms with van der Waals surface area (Å²) in [6, 6.07) is -0.392. The molecule has 0 aromatic rings. The van der Waals surface area contributed by atoms with Gasteiger partial charge in [-0.2, -0.15) is 17.0 Å². The summed E-state index contributed by atoms with van der Waals surface area (Å²) >= 11 is 0. The SMILES string of the molecule is CCCCN(C)S(=O)(=O)N1CCCC1CC(=O)O. The van der Waals surface area contributed by atoms with E-state index in [-0.39, 0.29) is 6.42 Å². The molecule has 0 aliphatic carbocycles. The predicted molar refractivity (Wildman–Crippen MR) is 68.4 cm³/mol. The van der Waals surface area contributed by atoms with E-state index in [0.29, 0.717) is 19.5 Å². The van der Waals surface area contributed by atoms with Gasteiger partial charge in [0.1, 0.15) is 0 Å². The number of carboxylic acids is 1. The Morgan fingerprint density at radius 1 is 1.50 bits per heavy atom. The van der Waals surface area contributed by atoms with Gasteiger partial charge in [-0.3, -0.25) is 4.79 Å².